The summed E-state index contributed by atoms with van der Waals surface area (Å²) < 4.78 is 0.995. The number of amides is 1. The number of halogens is 1. The van der Waals surface area contributed by atoms with Gasteiger partial charge in [0.2, 0.25) is 6.41 Å². The fraction of sp³-hybridized carbons (Fsp3) is 0.125. The third kappa shape index (κ3) is 3.54. The van der Waals surface area contributed by atoms with Crippen molar-refractivity contribution < 1.29 is 9.59 Å². The number of carbonyl (C=O) groups is 2. The number of rotatable bonds is 5. The number of anilines is 1. The summed E-state index contributed by atoms with van der Waals surface area (Å²) in [6, 6.07) is 14.7. The highest BCUT2D eigenvalue weighted by Crippen LogP contribution is 2.16. The normalized spacial score (nSPS) is 10.1. The van der Waals surface area contributed by atoms with Crippen molar-refractivity contribution in [3.63, 3.8) is 0 Å². The van der Waals surface area contributed by atoms with Gasteiger partial charge in [0.1, 0.15) is 0 Å². The molecule has 102 valence electrons. The van der Waals surface area contributed by atoms with E-state index in [2.05, 4.69) is 15.9 Å². The van der Waals surface area contributed by atoms with Crippen LogP contribution in [0, 0.1) is 0 Å². The third-order valence-corrected chi connectivity index (χ3v) is 3.56. The molecule has 20 heavy (non-hydrogen) atoms. The van der Waals surface area contributed by atoms with Crippen LogP contribution in [0.4, 0.5) is 5.69 Å². The maximum Gasteiger partial charge on any atom is 0.213 e. The molecule has 2 rings (SSSR count). The molecule has 0 bridgehead atoms. The lowest BCUT2D eigenvalue weighted by Crippen LogP contribution is -2.13. The second-order valence-electron chi connectivity index (χ2n) is 4.49. The molecule has 0 fully saturated rings. The lowest BCUT2D eigenvalue weighted by molar-refractivity contribution is -0.107. The lowest BCUT2D eigenvalue weighted by atomic mass is 10.0. The monoisotopic (exact) mass is 331 g/mol. The molecule has 0 aromatic heterocycles. The summed E-state index contributed by atoms with van der Waals surface area (Å²) in [5, 5.41) is 0. The van der Waals surface area contributed by atoms with Gasteiger partial charge in [-0.1, -0.05) is 28.1 Å². The van der Waals surface area contributed by atoms with Crippen LogP contribution < -0.4 is 4.90 Å². The first-order valence-electron chi connectivity index (χ1n) is 6.16. The zero-order valence-electron chi connectivity index (χ0n) is 11.0. The minimum Gasteiger partial charge on any atom is -0.318 e. The maximum atomic E-state index is 12.2. The second kappa shape index (κ2) is 6.48. The highest BCUT2D eigenvalue weighted by Gasteiger charge is 2.08. The van der Waals surface area contributed by atoms with Crippen molar-refractivity contribution in [2.45, 2.75) is 6.42 Å². The van der Waals surface area contributed by atoms with E-state index in [1.54, 1.807) is 31.3 Å². The molecule has 4 heteroatoms. The van der Waals surface area contributed by atoms with E-state index in [0.717, 1.165) is 22.1 Å². The van der Waals surface area contributed by atoms with E-state index in [0.29, 0.717) is 12.0 Å². The Morgan fingerprint density at radius 1 is 1.10 bits per heavy atom. The molecule has 3 nitrogen and oxygen atoms in total. The van der Waals surface area contributed by atoms with Crippen molar-refractivity contribution in [1.82, 2.24) is 0 Å². The zero-order valence-corrected chi connectivity index (χ0v) is 12.6. The number of nitrogens with zero attached hydrogens (tertiary/aromatic N) is 1. The maximum absolute atomic E-state index is 12.2. The van der Waals surface area contributed by atoms with Crippen molar-refractivity contribution in [3.8, 4) is 0 Å². The van der Waals surface area contributed by atoms with Gasteiger partial charge in [0.25, 0.3) is 0 Å². The molecule has 0 aliphatic rings. The molecule has 2 aromatic carbocycles. The largest absolute Gasteiger partial charge is 0.318 e. The quantitative estimate of drug-likeness (QED) is 0.621. The van der Waals surface area contributed by atoms with Gasteiger partial charge in [0, 0.05) is 29.2 Å². The van der Waals surface area contributed by atoms with E-state index in [1.807, 2.05) is 24.3 Å². The Morgan fingerprint density at radius 3 is 2.25 bits per heavy atom. The summed E-state index contributed by atoms with van der Waals surface area (Å²) in [5.41, 5.74) is 2.39. The van der Waals surface area contributed by atoms with Gasteiger partial charge in [0.05, 0.1) is 0 Å². The fourth-order valence-corrected chi connectivity index (χ4v) is 2.10. The van der Waals surface area contributed by atoms with E-state index in [-0.39, 0.29) is 5.78 Å². The Morgan fingerprint density at radius 2 is 1.70 bits per heavy atom. The molecule has 0 aliphatic carbocycles. The van der Waals surface area contributed by atoms with Gasteiger partial charge in [-0.2, -0.15) is 0 Å². The zero-order chi connectivity index (χ0) is 14.5. The van der Waals surface area contributed by atoms with Crippen molar-refractivity contribution >= 4 is 33.8 Å². The second-order valence-corrected chi connectivity index (χ2v) is 5.41. The van der Waals surface area contributed by atoms with Crippen LogP contribution in [0.3, 0.4) is 0 Å². The molecule has 0 atom stereocenters. The highest BCUT2D eigenvalue weighted by atomic mass is 79.9. The van der Waals surface area contributed by atoms with Gasteiger partial charge in [-0.15, -0.1) is 0 Å². The molecular weight excluding hydrogens is 318 g/mol. The molecule has 0 unspecified atom stereocenters. The van der Waals surface area contributed by atoms with E-state index >= 15 is 0 Å². The molecule has 0 saturated heterocycles. The van der Waals surface area contributed by atoms with Crippen molar-refractivity contribution in [2.75, 3.05) is 11.9 Å². The van der Waals surface area contributed by atoms with Gasteiger partial charge in [0.15, 0.2) is 5.78 Å². The first-order chi connectivity index (χ1) is 9.60. The van der Waals surface area contributed by atoms with Gasteiger partial charge in [-0.05, 0) is 42.0 Å². The van der Waals surface area contributed by atoms with Gasteiger partial charge in [-0.25, -0.2) is 0 Å². The first kappa shape index (κ1) is 14.5. The average Bonchev–Trinajstić information content (AvgIpc) is 2.49. The van der Waals surface area contributed by atoms with Gasteiger partial charge in [-0.3, -0.25) is 9.59 Å². The van der Waals surface area contributed by atoms with Crippen LogP contribution in [0.25, 0.3) is 0 Å². The van der Waals surface area contributed by atoms with E-state index in [1.165, 1.54) is 4.90 Å². The van der Waals surface area contributed by atoms with Gasteiger partial charge >= 0.3 is 0 Å². The summed E-state index contributed by atoms with van der Waals surface area (Å²) >= 11 is 3.37. The number of carbonyl (C=O) groups excluding carboxylic acids is 2. The van der Waals surface area contributed by atoms with Crippen molar-refractivity contribution in [2.24, 2.45) is 0 Å². The van der Waals surface area contributed by atoms with Crippen LogP contribution in [-0.4, -0.2) is 19.2 Å². The summed E-state index contributed by atoms with van der Waals surface area (Å²) in [7, 11) is 1.67. The molecule has 2 aromatic rings. The predicted octanol–water partition coefficient (Wildman–Crippen LogP) is 3.47. The van der Waals surface area contributed by atoms with Crippen LogP contribution in [-0.2, 0) is 11.2 Å². The molecular formula is C16H14BrNO2. The molecule has 0 N–H and O–H groups in total. The summed E-state index contributed by atoms with van der Waals surface area (Å²) in [4.78, 5) is 24.3. The Hall–Kier alpha value is -1.94. The van der Waals surface area contributed by atoms with E-state index in [9.17, 15) is 9.59 Å². The topological polar surface area (TPSA) is 37.4 Å². The number of ketones is 1. The lowest BCUT2D eigenvalue weighted by Gasteiger charge is -2.10. The van der Waals surface area contributed by atoms with Gasteiger partial charge < -0.3 is 4.90 Å². The highest BCUT2D eigenvalue weighted by molar-refractivity contribution is 9.10. The molecule has 0 aliphatic heterocycles. The minimum absolute atomic E-state index is 0.0626. The number of benzene rings is 2. The number of hydrogen-bond acceptors (Lipinski definition) is 2. The van der Waals surface area contributed by atoms with Crippen LogP contribution >= 0.6 is 15.9 Å². The Kier molecular flexibility index (Phi) is 4.69. The molecule has 0 heterocycles. The number of hydrogen-bond donors (Lipinski definition) is 0. The van der Waals surface area contributed by atoms with Crippen LogP contribution in [0.1, 0.15) is 15.9 Å². The average molecular weight is 332 g/mol. The minimum atomic E-state index is 0.0626. The summed E-state index contributed by atoms with van der Waals surface area (Å²) in [6.45, 7) is 0. The van der Waals surface area contributed by atoms with Crippen LogP contribution in [0.15, 0.2) is 53.0 Å². The summed E-state index contributed by atoms with van der Waals surface area (Å²) in [5.74, 6) is 0.0626. The third-order valence-electron chi connectivity index (χ3n) is 3.03. The Labute approximate surface area is 126 Å². The first-order valence-corrected chi connectivity index (χ1v) is 6.95. The molecule has 0 radical (unpaired) electrons. The van der Waals surface area contributed by atoms with E-state index in [4.69, 9.17) is 0 Å². The SMILES string of the molecule is CN(C=O)c1ccc(C(=O)Cc2ccc(Br)cc2)cc1. The smallest absolute Gasteiger partial charge is 0.213 e. The number of Topliss-reactive ketones (excluding diaryl/α,β-unsaturated/α-hetero) is 1. The van der Waals surface area contributed by atoms with Crippen LogP contribution in [0.5, 0.6) is 0 Å². The van der Waals surface area contributed by atoms with Crippen molar-refractivity contribution in [1.29, 1.82) is 0 Å². The van der Waals surface area contributed by atoms with E-state index < -0.39 is 0 Å². The molecule has 0 saturated carbocycles. The molecule has 0 spiro atoms. The van der Waals surface area contributed by atoms with Crippen LogP contribution in [0.2, 0.25) is 0 Å². The standard InChI is InChI=1S/C16H14BrNO2/c1-18(11-19)15-8-4-13(5-9-15)16(20)10-12-2-6-14(17)7-3-12/h2-9,11H,10H2,1H3. The fourth-order valence-electron chi connectivity index (χ4n) is 1.83. The molecule has 1 amide bonds. The summed E-state index contributed by atoms with van der Waals surface area (Å²) in [6.07, 6.45) is 1.11. The Balaban J connectivity index is 2.09. The predicted molar refractivity (Wildman–Crippen MR) is 83.1 cm³/mol. The Bertz CT molecular complexity index is 605. The van der Waals surface area contributed by atoms with Crippen molar-refractivity contribution in [3.05, 3.63) is 64.1 Å².